The fraction of sp³-hybridized carbons (Fsp3) is 0.188. The van der Waals surface area contributed by atoms with Crippen LogP contribution in [0.1, 0.15) is 15.9 Å². The predicted octanol–water partition coefficient (Wildman–Crippen LogP) is 3.27. The third-order valence-electron chi connectivity index (χ3n) is 2.97. The Labute approximate surface area is 123 Å². The van der Waals surface area contributed by atoms with Crippen LogP contribution in [0.5, 0.6) is 5.75 Å². The molecule has 20 heavy (non-hydrogen) atoms. The van der Waals surface area contributed by atoms with Crippen LogP contribution in [0, 0.1) is 0 Å². The van der Waals surface area contributed by atoms with E-state index in [2.05, 4.69) is 0 Å². The summed E-state index contributed by atoms with van der Waals surface area (Å²) in [6, 6.07) is 16.0. The highest BCUT2D eigenvalue weighted by Gasteiger charge is 2.15. The molecule has 1 N–H and O–H groups in total. The van der Waals surface area contributed by atoms with Gasteiger partial charge in [-0.05, 0) is 29.8 Å². The van der Waals surface area contributed by atoms with Crippen LogP contribution in [0.3, 0.4) is 0 Å². The Hall–Kier alpha value is -2.00. The van der Waals surface area contributed by atoms with Crippen LogP contribution in [0.2, 0.25) is 0 Å². The number of amides is 1. The minimum Gasteiger partial charge on any atom is -0.508 e. The van der Waals surface area contributed by atoms with E-state index in [9.17, 15) is 9.90 Å². The molecular formula is C16H16ClNO2. The highest BCUT2D eigenvalue weighted by Crippen LogP contribution is 2.14. The Balaban J connectivity index is 2.15. The van der Waals surface area contributed by atoms with E-state index < -0.39 is 0 Å². The first-order valence-corrected chi connectivity index (χ1v) is 6.92. The molecule has 0 aliphatic rings. The number of phenols is 1. The number of hydrogen-bond donors (Lipinski definition) is 1. The lowest BCUT2D eigenvalue weighted by molar-refractivity contribution is 0.0754. The second-order valence-corrected chi connectivity index (χ2v) is 4.83. The number of aromatic hydroxyl groups is 1. The van der Waals surface area contributed by atoms with Gasteiger partial charge >= 0.3 is 0 Å². The van der Waals surface area contributed by atoms with Crippen LogP contribution < -0.4 is 0 Å². The summed E-state index contributed by atoms with van der Waals surface area (Å²) in [6.45, 7) is 1.00. The van der Waals surface area contributed by atoms with Crippen LogP contribution in [-0.2, 0) is 6.54 Å². The van der Waals surface area contributed by atoms with Gasteiger partial charge in [0.2, 0.25) is 0 Å². The van der Waals surface area contributed by atoms with Crippen LogP contribution in [0.25, 0.3) is 0 Å². The van der Waals surface area contributed by atoms with E-state index in [4.69, 9.17) is 11.6 Å². The van der Waals surface area contributed by atoms with Gasteiger partial charge in [-0.15, -0.1) is 11.6 Å². The molecule has 0 spiro atoms. The molecule has 0 atom stereocenters. The van der Waals surface area contributed by atoms with Crippen molar-refractivity contribution < 1.29 is 9.90 Å². The summed E-state index contributed by atoms with van der Waals surface area (Å²) in [4.78, 5) is 14.1. The number of halogens is 1. The van der Waals surface area contributed by atoms with Gasteiger partial charge in [0.1, 0.15) is 5.75 Å². The average Bonchev–Trinajstić information content (AvgIpc) is 2.48. The van der Waals surface area contributed by atoms with E-state index in [1.165, 1.54) is 12.1 Å². The number of alkyl halides is 1. The fourth-order valence-electron chi connectivity index (χ4n) is 1.94. The maximum atomic E-state index is 12.4. The van der Waals surface area contributed by atoms with Crippen molar-refractivity contribution in [2.24, 2.45) is 0 Å². The maximum Gasteiger partial charge on any atom is 0.254 e. The van der Waals surface area contributed by atoms with Gasteiger partial charge in [-0.1, -0.05) is 30.3 Å². The van der Waals surface area contributed by atoms with Gasteiger partial charge in [0, 0.05) is 24.5 Å². The smallest absolute Gasteiger partial charge is 0.254 e. The van der Waals surface area contributed by atoms with Gasteiger partial charge in [0.05, 0.1) is 0 Å². The summed E-state index contributed by atoms with van der Waals surface area (Å²) >= 11 is 5.79. The standard InChI is InChI=1S/C16H16ClNO2/c17-10-11-18(12-13-4-2-1-3-5-13)16(20)14-6-8-15(19)9-7-14/h1-9,19H,10-12H2. The van der Waals surface area contributed by atoms with Crippen molar-refractivity contribution in [2.75, 3.05) is 12.4 Å². The van der Waals surface area contributed by atoms with E-state index in [0.717, 1.165) is 5.56 Å². The van der Waals surface area contributed by atoms with Crippen molar-refractivity contribution >= 4 is 17.5 Å². The molecule has 1 amide bonds. The SMILES string of the molecule is O=C(c1ccc(O)cc1)N(CCCl)Cc1ccccc1. The first kappa shape index (κ1) is 14.4. The lowest BCUT2D eigenvalue weighted by Crippen LogP contribution is -2.32. The third kappa shape index (κ3) is 3.75. The number of nitrogens with zero attached hydrogens (tertiary/aromatic N) is 1. The number of rotatable bonds is 5. The summed E-state index contributed by atoms with van der Waals surface area (Å²) in [5, 5.41) is 9.27. The van der Waals surface area contributed by atoms with Crippen molar-refractivity contribution in [3.05, 3.63) is 65.7 Å². The Morgan fingerprint density at radius 1 is 1.05 bits per heavy atom. The summed E-state index contributed by atoms with van der Waals surface area (Å²) < 4.78 is 0. The van der Waals surface area contributed by atoms with E-state index in [-0.39, 0.29) is 11.7 Å². The van der Waals surface area contributed by atoms with Crippen LogP contribution >= 0.6 is 11.6 Å². The predicted molar refractivity (Wildman–Crippen MR) is 80.0 cm³/mol. The topological polar surface area (TPSA) is 40.5 Å². The van der Waals surface area contributed by atoms with Crippen LogP contribution in [0.15, 0.2) is 54.6 Å². The lowest BCUT2D eigenvalue weighted by Gasteiger charge is -2.22. The number of hydrogen-bond acceptors (Lipinski definition) is 2. The van der Waals surface area contributed by atoms with Gasteiger partial charge in [-0.2, -0.15) is 0 Å². The molecule has 0 bridgehead atoms. The van der Waals surface area contributed by atoms with Gasteiger partial charge in [-0.3, -0.25) is 4.79 Å². The van der Waals surface area contributed by atoms with E-state index in [1.807, 2.05) is 30.3 Å². The van der Waals surface area contributed by atoms with Gasteiger partial charge < -0.3 is 10.0 Å². The van der Waals surface area contributed by atoms with E-state index in [1.54, 1.807) is 17.0 Å². The molecule has 0 radical (unpaired) electrons. The molecule has 2 aromatic carbocycles. The minimum absolute atomic E-state index is 0.0884. The summed E-state index contributed by atoms with van der Waals surface area (Å²) in [7, 11) is 0. The van der Waals surface area contributed by atoms with Crippen LogP contribution in [-0.4, -0.2) is 28.3 Å². The number of carbonyl (C=O) groups excluding carboxylic acids is 1. The first-order chi connectivity index (χ1) is 9.70. The Bertz CT molecular complexity index is 554. The van der Waals surface area contributed by atoms with Crippen LogP contribution in [0.4, 0.5) is 0 Å². The van der Waals surface area contributed by atoms with Gasteiger partial charge in [-0.25, -0.2) is 0 Å². The van der Waals surface area contributed by atoms with Gasteiger partial charge in [0.15, 0.2) is 0 Å². The zero-order chi connectivity index (χ0) is 14.4. The molecule has 2 rings (SSSR count). The molecular weight excluding hydrogens is 274 g/mol. The largest absolute Gasteiger partial charge is 0.508 e. The third-order valence-corrected chi connectivity index (χ3v) is 3.14. The minimum atomic E-state index is -0.0884. The molecule has 0 saturated heterocycles. The van der Waals surface area contributed by atoms with Gasteiger partial charge in [0.25, 0.3) is 5.91 Å². The summed E-state index contributed by atoms with van der Waals surface area (Å²) in [5.74, 6) is 0.444. The Kier molecular flexibility index (Phi) is 5.02. The monoisotopic (exact) mass is 289 g/mol. The number of benzene rings is 2. The zero-order valence-electron chi connectivity index (χ0n) is 11.0. The Morgan fingerprint density at radius 3 is 2.30 bits per heavy atom. The molecule has 104 valence electrons. The van der Waals surface area contributed by atoms with Crippen molar-refractivity contribution in [2.45, 2.75) is 6.54 Å². The maximum absolute atomic E-state index is 12.4. The first-order valence-electron chi connectivity index (χ1n) is 6.39. The molecule has 0 aromatic heterocycles. The molecule has 3 nitrogen and oxygen atoms in total. The second kappa shape index (κ2) is 6.96. The lowest BCUT2D eigenvalue weighted by atomic mass is 10.1. The fourth-order valence-corrected chi connectivity index (χ4v) is 2.15. The van der Waals surface area contributed by atoms with Crippen molar-refractivity contribution in [1.82, 2.24) is 4.90 Å². The number of carbonyl (C=O) groups is 1. The molecule has 0 fully saturated rings. The van der Waals surface area contributed by atoms with E-state index >= 15 is 0 Å². The van der Waals surface area contributed by atoms with Crippen molar-refractivity contribution in [3.8, 4) is 5.75 Å². The average molecular weight is 290 g/mol. The summed E-state index contributed by atoms with van der Waals surface area (Å²) in [5.41, 5.74) is 1.61. The summed E-state index contributed by atoms with van der Waals surface area (Å²) in [6.07, 6.45) is 0. The zero-order valence-corrected chi connectivity index (χ0v) is 11.8. The van der Waals surface area contributed by atoms with E-state index in [0.29, 0.717) is 24.5 Å². The molecule has 0 heterocycles. The molecule has 4 heteroatoms. The van der Waals surface area contributed by atoms with Crippen molar-refractivity contribution in [3.63, 3.8) is 0 Å². The molecule has 2 aromatic rings. The Morgan fingerprint density at radius 2 is 1.70 bits per heavy atom. The molecule has 0 saturated carbocycles. The quantitative estimate of drug-likeness (QED) is 0.858. The molecule has 0 aliphatic carbocycles. The van der Waals surface area contributed by atoms with Crippen molar-refractivity contribution in [1.29, 1.82) is 0 Å². The highest BCUT2D eigenvalue weighted by molar-refractivity contribution is 6.18. The molecule has 0 unspecified atom stereocenters. The normalized spacial score (nSPS) is 10.2. The second-order valence-electron chi connectivity index (χ2n) is 4.45. The highest BCUT2D eigenvalue weighted by atomic mass is 35.5. The molecule has 0 aliphatic heterocycles. The number of phenolic OH excluding ortho intramolecular Hbond substituents is 1.